The molecule has 1 aromatic heterocycles. The van der Waals surface area contributed by atoms with Gasteiger partial charge in [0.15, 0.2) is 0 Å². The molecular weight excluding hydrogens is 334 g/mol. The van der Waals surface area contributed by atoms with Gasteiger partial charge < -0.3 is 16.0 Å². The average molecular weight is 357 g/mol. The molecule has 2 aromatic rings. The molecule has 1 aliphatic rings. The van der Waals surface area contributed by atoms with Gasteiger partial charge in [0, 0.05) is 18.0 Å². The van der Waals surface area contributed by atoms with Crippen LogP contribution in [0, 0.1) is 13.8 Å². The lowest BCUT2D eigenvalue weighted by molar-refractivity contribution is -0.115. The van der Waals surface area contributed by atoms with Crippen molar-refractivity contribution < 1.29 is 9.59 Å². The second-order valence-electron chi connectivity index (χ2n) is 6.71. The fourth-order valence-electron chi connectivity index (χ4n) is 3.27. The zero-order valence-corrected chi connectivity index (χ0v) is 15.6. The van der Waals surface area contributed by atoms with Crippen LogP contribution in [0.1, 0.15) is 37.5 Å². The number of aryl methyl sites for hydroxylation is 2. The second kappa shape index (κ2) is 6.98. The van der Waals surface area contributed by atoms with Gasteiger partial charge in [-0.2, -0.15) is 0 Å². The average Bonchev–Trinajstić information content (AvgIpc) is 2.86. The number of likely N-dealkylation sites (N-methyl/N-ethyl adjacent to an activating group) is 1. The topological polar surface area (TPSA) is 75.4 Å². The quantitative estimate of drug-likeness (QED) is 0.883. The zero-order valence-electron chi connectivity index (χ0n) is 14.8. The molecule has 0 unspecified atom stereocenters. The third-order valence-electron chi connectivity index (χ3n) is 4.60. The summed E-state index contributed by atoms with van der Waals surface area (Å²) in [6.07, 6.45) is 1.07. The van der Waals surface area contributed by atoms with Crippen LogP contribution in [0.4, 0.5) is 5.00 Å². The maximum Gasteiger partial charge on any atom is 0.251 e. The summed E-state index contributed by atoms with van der Waals surface area (Å²) in [5.74, 6) is -0.592. The monoisotopic (exact) mass is 357 g/mol. The maximum absolute atomic E-state index is 12.5. The number of primary amides is 1. The van der Waals surface area contributed by atoms with E-state index in [2.05, 4.69) is 16.3 Å². The lowest BCUT2D eigenvalue weighted by Crippen LogP contribution is -2.27. The summed E-state index contributed by atoms with van der Waals surface area (Å²) in [7, 11) is 2.05. The van der Waals surface area contributed by atoms with Crippen LogP contribution in [0.5, 0.6) is 0 Å². The Hall–Kier alpha value is -2.18. The number of hydrogen-bond donors (Lipinski definition) is 2. The first-order chi connectivity index (χ1) is 11.8. The van der Waals surface area contributed by atoms with Crippen molar-refractivity contribution in [1.29, 1.82) is 0 Å². The number of nitrogens with one attached hydrogen (secondary N) is 1. The van der Waals surface area contributed by atoms with Gasteiger partial charge >= 0.3 is 0 Å². The van der Waals surface area contributed by atoms with Gasteiger partial charge in [-0.25, -0.2) is 0 Å². The highest BCUT2D eigenvalue weighted by Gasteiger charge is 2.26. The lowest BCUT2D eigenvalue weighted by Gasteiger charge is -2.22. The Balaban J connectivity index is 1.82. The Morgan fingerprint density at radius 3 is 2.76 bits per heavy atom. The zero-order chi connectivity index (χ0) is 18.1. The van der Waals surface area contributed by atoms with E-state index in [4.69, 9.17) is 5.73 Å². The molecule has 0 bridgehead atoms. The number of rotatable bonds is 4. The molecule has 6 heteroatoms. The van der Waals surface area contributed by atoms with Gasteiger partial charge in [0.05, 0.1) is 12.0 Å². The van der Waals surface area contributed by atoms with Gasteiger partial charge in [0.25, 0.3) is 5.91 Å². The third-order valence-corrected chi connectivity index (χ3v) is 5.73. The van der Waals surface area contributed by atoms with E-state index < -0.39 is 5.91 Å². The smallest absolute Gasteiger partial charge is 0.251 e. The molecule has 132 valence electrons. The molecule has 0 fully saturated rings. The van der Waals surface area contributed by atoms with Gasteiger partial charge in [-0.1, -0.05) is 23.8 Å². The molecule has 2 heterocycles. The Morgan fingerprint density at radius 2 is 2.08 bits per heavy atom. The van der Waals surface area contributed by atoms with E-state index >= 15 is 0 Å². The summed E-state index contributed by atoms with van der Waals surface area (Å²) in [4.78, 5) is 27.8. The summed E-state index contributed by atoms with van der Waals surface area (Å²) in [6.45, 7) is 5.71. The Kier molecular flexibility index (Phi) is 4.92. The number of benzene rings is 1. The molecule has 25 heavy (non-hydrogen) atoms. The molecule has 0 saturated heterocycles. The normalized spacial score (nSPS) is 14.2. The highest BCUT2D eigenvalue weighted by Crippen LogP contribution is 2.36. The van der Waals surface area contributed by atoms with Crippen LogP contribution in [-0.4, -0.2) is 30.3 Å². The van der Waals surface area contributed by atoms with Crippen molar-refractivity contribution in [2.75, 3.05) is 18.9 Å². The van der Waals surface area contributed by atoms with Crippen LogP contribution in [0.15, 0.2) is 18.2 Å². The standard InChI is InChI=1S/C19H23N3O2S/c1-11-4-5-13(12(2)8-11)9-16(23)21-19-17(18(20)24)14-6-7-22(3)10-15(14)25-19/h4-5,8H,6-7,9-10H2,1-3H3,(H2,20,24)(H,21,23). The van der Waals surface area contributed by atoms with E-state index in [1.807, 2.05) is 33.0 Å². The number of fused-ring (bicyclic) bond motifs is 1. The second-order valence-corrected chi connectivity index (χ2v) is 7.82. The minimum absolute atomic E-state index is 0.124. The van der Waals surface area contributed by atoms with E-state index in [1.165, 1.54) is 16.9 Å². The largest absolute Gasteiger partial charge is 0.365 e. The van der Waals surface area contributed by atoms with Crippen molar-refractivity contribution in [2.24, 2.45) is 5.73 Å². The Labute approximate surface area is 151 Å². The molecular formula is C19H23N3O2S. The summed E-state index contributed by atoms with van der Waals surface area (Å²) in [6, 6.07) is 6.05. The first kappa shape index (κ1) is 17.6. The first-order valence-electron chi connectivity index (χ1n) is 8.34. The number of thiophene rings is 1. The highest BCUT2D eigenvalue weighted by molar-refractivity contribution is 7.17. The number of nitrogens with two attached hydrogens (primary N) is 1. The molecule has 0 aliphatic carbocycles. The van der Waals surface area contributed by atoms with E-state index in [0.717, 1.165) is 41.1 Å². The predicted octanol–water partition coefficient (Wildman–Crippen LogP) is 2.63. The molecule has 2 amide bonds. The molecule has 0 radical (unpaired) electrons. The summed E-state index contributed by atoms with van der Waals surface area (Å²) in [5.41, 5.74) is 10.3. The van der Waals surface area contributed by atoms with E-state index in [-0.39, 0.29) is 12.3 Å². The van der Waals surface area contributed by atoms with Gasteiger partial charge in [-0.05, 0) is 44.0 Å². The van der Waals surface area contributed by atoms with Gasteiger partial charge in [0.1, 0.15) is 5.00 Å². The minimum Gasteiger partial charge on any atom is -0.365 e. The van der Waals surface area contributed by atoms with Gasteiger partial charge in [-0.15, -0.1) is 11.3 Å². The fourth-order valence-corrected chi connectivity index (χ4v) is 4.62. The molecule has 1 aromatic carbocycles. The van der Waals surface area contributed by atoms with Crippen molar-refractivity contribution in [3.8, 4) is 0 Å². The molecule has 3 rings (SSSR count). The summed E-state index contributed by atoms with van der Waals surface area (Å²) >= 11 is 1.47. The van der Waals surface area contributed by atoms with Crippen molar-refractivity contribution in [2.45, 2.75) is 33.2 Å². The maximum atomic E-state index is 12.5. The Morgan fingerprint density at radius 1 is 1.32 bits per heavy atom. The number of carbonyl (C=O) groups is 2. The molecule has 0 saturated carbocycles. The molecule has 0 spiro atoms. The van der Waals surface area contributed by atoms with Crippen LogP contribution < -0.4 is 11.1 Å². The number of amides is 2. The van der Waals surface area contributed by atoms with E-state index in [0.29, 0.717) is 10.6 Å². The van der Waals surface area contributed by atoms with E-state index in [1.54, 1.807) is 0 Å². The lowest BCUT2D eigenvalue weighted by atomic mass is 10.0. The number of carbonyl (C=O) groups excluding carboxylic acids is 2. The summed E-state index contributed by atoms with van der Waals surface area (Å²) < 4.78 is 0. The van der Waals surface area contributed by atoms with E-state index in [9.17, 15) is 9.59 Å². The van der Waals surface area contributed by atoms with Crippen molar-refractivity contribution in [3.05, 3.63) is 50.9 Å². The van der Waals surface area contributed by atoms with Gasteiger partial charge in [0.2, 0.25) is 5.91 Å². The van der Waals surface area contributed by atoms with Crippen molar-refractivity contribution in [3.63, 3.8) is 0 Å². The molecule has 5 nitrogen and oxygen atoms in total. The van der Waals surface area contributed by atoms with Crippen LogP contribution in [0.2, 0.25) is 0 Å². The van der Waals surface area contributed by atoms with Gasteiger partial charge in [-0.3, -0.25) is 9.59 Å². The molecule has 0 atom stereocenters. The van der Waals surface area contributed by atoms with Crippen LogP contribution in [0.3, 0.4) is 0 Å². The molecule has 1 aliphatic heterocycles. The van der Waals surface area contributed by atoms with Crippen molar-refractivity contribution >= 4 is 28.2 Å². The predicted molar refractivity (Wildman–Crippen MR) is 101 cm³/mol. The first-order valence-corrected chi connectivity index (χ1v) is 9.15. The number of anilines is 1. The van der Waals surface area contributed by atoms with Crippen molar-refractivity contribution in [1.82, 2.24) is 4.90 Å². The van der Waals surface area contributed by atoms with Crippen LogP contribution in [0.25, 0.3) is 0 Å². The SMILES string of the molecule is Cc1ccc(CC(=O)Nc2sc3c(c2C(N)=O)CCN(C)C3)c(C)c1. The highest BCUT2D eigenvalue weighted by atomic mass is 32.1. The molecule has 3 N–H and O–H groups in total. The summed E-state index contributed by atoms with van der Waals surface area (Å²) in [5, 5.41) is 3.50. The fraction of sp³-hybridized carbons (Fsp3) is 0.368. The third kappa shape index (κ3) is 3.75. The number of nitrogens with zero attached hydrogens (tertiary/aromatic N) is 1. The minimum atomic E-state index is -0.469. The van der Waals surface area contributed by atoms with Crippen LogP contribution in [-0.2, 0) is 24.2 Å². The van der Waals surface area contributed by atoms with Crippen LogP contribution >= 0.6 is 11.3 Å². The number of hydrogen-bond acceptors (Lipinski definition) is 4. The Bertz CT molecular complexity index is 841.